The van der Waals surface area contributed by atoms with Gasteiger partial charge in [-0.15, -0.1) is 0 Å². The zero-order valence-corrected chi connectivity index (χ0v) is 64.7. The summed E-state index contributed by atoms with van der Waals surface area (Å²) in [5.74, 6) is -0.862. The average molecular weight is 1400 g/mol. The number of esters is 2. The van der Waals surface area contributed by atoms with Gasteiger partial charge in [0.25, 0.3) is 0 Å². The first-order chi connectivity index (χ1) is 49.0. The van der Waals surface area contributed by atoms with Crippen LogP contribution >= 0.6 is 7.82 Å². The van der Waals surface area contributed by atoms with Crippen molar-refractivity contribution < 1.29 is 42.1 Å². The molecule has 0 aromatic heterocycles. The normalized spacial score (nSPS) is 14.3. The SMILES string of the molecule is CC/C=C\C/C=C\C/C=C\C/C=C\C/C=C\C/C=C\C/C=C\C/C=C\C/C=C\C/C=C\C/C=C\C/C=C\CCCCC(=O)OC(COC(=O)CCCCCCCCCCCCCCCCC/C=C\C/C=C\C/C=C\C/C=C\C/C=C\C/C=C\C/C=C\CC)COP(=O)(O)OCC[N+](C)(C)C. The Morgan fingerprint density at radius 2 is 0.540 bits per heavy atom. The summed E-state index contributed by atoms with van der Waals surface area (Å²) < 4.78 is 34.7. The predicted octanol–water partition coefficient (Wildman–Crippen LogP) is 26.5. The Morgan fingerprint density at radius 3 is 0.820 bits per heavy atom. The Hall–Kier alpha value is -5.93. The van der Waals surface area contributed by atoms with E-state index in [1.165, 1.54) is 77.0 Å². The van der Waals surface area contributed by atoms with E-state index in [-0.39, 0.29) is 32.0 Å². The van der Waals surface area contributed by atoms with Gasteiger partial charge in [0.2, 0.25) is 0 Å². The van der Waals surface area contributed by atoms with Crippen LogP contribution in [0.2, 0.25) is 0 Å². The summed E-state index contributed by atoms with van der Waals surface area (Å²) in [6.45, 7) is 4.14. The molecule has 0 aliphatic rings. The summed E-state index contributed by atoms with van der Waals surface area (Å²) in [6.07, 6.45) is 125. The van der Waals surface area contributed by atoms with Gasteiger partial charge in [0.1, 0.15) is 19.8 Å². The maximum atomic E-state index is 12.9. The molecule has 10 heteroatoms. The number of unbranched alkanes of at least 4 members (excludes halogenated alkanes) is 17. The summed E-state index contributed by atoms with van der Waals surface area (Å²) in [6, 6.07) is 0. The number of allylic oxidation sites excluding steroid dienone is 38. The highest BCUT2D eigenvalue weighted by atomic mass is 31.2. The predicted molar refractivity (Wildman–Crippen MR) is 435 cm³/mol. The molecule has 0 aliphatic heterocycles. The Balaban J connectivity index is 4.16. The second kappa shape index (κ2) is 77.2. The Morgan fingerprint density at radius 1 is 0.310 bits per heavy atom. The molecular weight excluding hydrogens is 1250 g/mol. The molecule has 9 nitrogen and oxygen atoms in total. The molecule has 0 spiro atoms. The molecule has 0 amide bonds. The molecule has 0 aromatic rings. The van der Waals surface area contributed by atoms with Crippen LogP contribution in [0.25, 0.3) is 0 Å². The van der Waals surface area contributed by atoms with Crippen molar-refractivity contribution in [2.24, 2.45) is 0 Å². The number of carbonyl (C=O) groups excluding carboxylic acids is 2. The van der Waals surface area contributed by atoms with E-state index in [1.54, 1.807) is 0 Å². The Labute approximate surface area is 613 Å². The van der Waals surface area contributed by atoms with Crippen molar-refractivity contribution >= 4 is 19.8 Å². The molecular formula is C90H143NO8P+. The van der Waals surface area contributed by atoms with Gasteiger partial charge in [0.15, 0.2) is 6.10 Å². The molecule has 0 fully saturated rings. The smallest absolute Gasteiger partial charge is 0.462 e. The monoisotopic (exact) mass is 1400 g/mol. The number of likely N-dealkylation sites (N-methyl/N-ethyl adjacent to an activating group) is 1. The number of hydrogen-bond acceptors (Lipinski definition) is 7. The number of ether oxygens (including phenoxy) is 2. The lowest BCUT2D eigenvalue weighted by atomic mass is 10.0. The van der Waals surface area contributed by atoms with E-state index in [4.69, 9.17) is 18.5 Å². The summed E-state index contributed by atoms with van der Waals surface area (Å²) in [7, 11) is 1.42. The zero-order valence-electron chi connectivity index (χ0n) is 63.8. The van der Waals surface area contributed by atoms with Gasteiger partial charge in [-0.1, -0.05) is 328 Å². The maximum absolute atomic E-state index is 12.9. The lowest BCUT2D eigenvalue weighted by molar-refractivity contribution is -0.870. The second-order valence-corrected chi connectivity index (χ2v) is 27.7. The molecule has 2 atom stereocenters. The molecule has 100 heavy (non-hydrogen) atoms. The van der Waals surface area contributed by atoms with E-state index in [0.29, 0.717) is 17.4 Å². The summed E-state index contributed by atoms with van der Waals surface area (Å²) in [5, 5.41) is 0. The molecule has 0 heterocycles. The number of carbonyl (C=O) groups is 2. The van der Waals surface area contributed by atoms with E-state index >= 15 is 0 Å². The molecule has 0 saturated carbocycles. The number of rotatable bonds is 69. The van der Waals surface area contributed by atoms with Crippen LogP contribution < -0.4 is 0 Å². The van der Waals surface area contributed by atoms with E-state index in [2.05, 4.69) is 245 Å². The quantitative estimate of drug-likeness (QED) is 0.0211. The number of phosphoric acid groups is 1. The van der Waals surface area contributed by atoms with Gasteiger partial charge in [0, 0.05) is 12.8 Å². The van der Waals surface area contributed by atoms with E-state index in [1.807, 2.05) is 21.1 Å². The molecule has 1 N–H and O–H groups in total. The minimum atomic E-state index is -4.42. The van der Waals surface area contributed by atoms with Gasteiger partial charge < -0.3 is 18.9 Å². The van der Waals surface area contributed by atoms with Gasteiger partial charge in [0.05, 0.1) is 27.7 Å². The summed E-state index contributed by atoms with van der Waals surface area (Å²) >= 11 is 0. The van der Waals surface area contributed by atoms with Crippen molar-refractivity contribution in [1.29, 1.82) is 0 Å². The third kappa shape index (κ3) is 81.0. The average Bonchev–Trinajstić information content (AvgIpc) is 1.07. The summed E-state index contributed by atoms with van der Waals surface area (Å²) in [4.78, 5) is 35.9. The lowest BCUT2D eigenvalue weighted by Crippen LogP contribution is -2.37. The van der Waals surface area contributed by atoms with E-state index in [0.717, 1.165) is 161 Å². The highest BCUT2D eigenvalue weighted by Gasteiger charge is 2.27. The van der Waals surface area contributed by atoms with Crippen molar-refractivity contribution in [3.8, 4) is 0 Å². The van der Waals surface area contributed by atoms with Gasteiger partial charge in [-0.05, 0) is 161 Å². The number of phosphoric ester groups is 1. The molecule has 0 saturated heterocycles. The van der Waals surface area contributed by atoms with Crippen LogP contribution in [0.4, 0.5) is 0 Å². The molecule has 0 radical (unpaired) electrons. The minimum Gasteiger partial charge on any atom is -0.462 e. The van der Waals surface area contributed by atoms with Crippen molar-refractivity contribution in [1.82, 2.24) is 0 Å². The fraction of sp³-hybridized carbons (Fsp3) is 0.556. The van der Waals surface area contributed by atoms with E-state index in [9.17, 15) is 19.0 Å². The van der Waals surface area contributed by atoms with Crippen LogP contribution in [0.3, 0.4) is 0 Å². The second-order valence-electron chi connectivity index (χ2n) is 26.3. The first-order valence-electron chi connectivity index (χ1n) is 39.1. The van der Waals surface area contributed by atoms with Crippen LogP contribution in [0.1, 0.15) is 271 Å². The minimum absolute atomic E-state index is 0.0115. The van der Waals surface area contributed by atoms with Gasteiger partial charge in [-0.3, -0.25) is 18.6 Å². The zero-order chi connectivity index (χ0) is 72.5. The fourth-order valence-corrected chi connectivity index (χ4v) is 10.5. The van der Waals surface area contributed by atoms with Crippen molar-refractivity contribution in [2.75, 3.05) is 47.5 Å². The molecule has 2 unspecified atom stereocenters. The topological polar surface area (TPSA) is 108 Å². The van der Waals surface area contributed by atoms with Crippen LogP contribution in [-0.2, 0) is 32.7 Å². The standard InChI is InChI=1S/C90H142NO8P/c1-6-8-10-12-14-16-18-20-22-24-26-28-30-32-34-36-38-40-42-44-45-47-49-51-53-55-57-59-61-63-65-67-69-71-73-75-77-79-81-83-90(93)99-88(87-98-100(94,95)97-85-84-91(3,4)5)86-96-89(92)82-80-78-76-74-72-70-68-66-64-62-60-58-56-54-52-50-48-46-43-41-39-37-35-33-31-29-27-25-23-21-19-17-15-13-11-9-7-2/h8-11,14-17,20-23,26-29,32-35,38-41,44-46,48-49,51,55,57,61,63,67,69,73,75,88H,6-7,12-13,18-19,24-25,30-31,36-37,42-43,47,50,52-54,56,58-60,62,64-66,68,70-72,74,76-87H2,1-5H3/p+1/b10-8-,11-9-,16-14-,17-15-,22-20-,23-21-,28-26-,29-27-,34-32-,35-33-,40-38-,41-39-,45-44-,48-46-,51-49-,57-55-,63-61-,69-67-,75-73-. The Bertz CT molecular complexity index is 2550. The molecule has 0 aromatic carbocycles. The van der Waals surface area contributed by atoms with Crippen molar-refractivity contribution in [3.63, 3.8) is 0 Å². The van der Waals surface area contributed by atoms with Crippen LogP contribution in [0, 0.1) is 0 Å². The molecule has 0 rings (SSSR count). The molecule has 0 aliphatic carbocycles. The first-order valence-corrected chi connectivity index (χ1v) is 40.6. The number of hydrogen-bond donors (Lipinski definition) is 1. The van der Waals surface area contributed by atoms with Crippen LogP contribution in [0.5, 0.6) is 0 Å². The molecule has 560 valence electrons. The third-order valence-corrected chi connectivity index (χ3v) is 16.7. The third-order valence-electron chi connectivity index (χ3n) is 15.7. The molecule has 0 bridgehead atoms. The first kappa shape index (κ1) is 94.1. The lowest BCUT2D eigenvalue weighted by Gasteiger charge is -2.24. The highest BCUT2D eigenvalue weighted by Crippen LogP contribution is 2.43. The van der Waals surface area contributed by atoms with Crippen LogP contribution in [0.15, 0.2) is 231 Å². The van der Waals surface area contributed by atoms with Crippen LogP contribution in [-0.4, -0.2) is 74.9 Å². The van der Waals surface area contributed by atoms with Gasteiger partial charge >= 0.3 is 19.8 Å². The fourth-order valence-electron chi connectivity index (χ4n) is 9.80. The highest BCUT2D eigenvalue weighted by molar-refractivity contribution is 7.47. The largest absolute Gasteiger partial charge is 0.472 e. The van der Waals surface area contributed by atoms with E-state index < -0.39 is 26.5 Å². The summed E-state index contributed by atoms with van der Waals surface area (Å²) in [5.41, 5.74) is 0. The number of quaternary nitrogens is 1. The van der Waals surface area contributed by atoms with Crippen molar-refractivity contribution in [3.05, 3.63) is 231 Å². The van der Waals surface area contributed by atoms with Gasteiger partial charge in [-0.2, -0.15) is 0 Å². The maximum Gasteiger partial charge on any atom is 0.472 e. The Kier molecular flexibility index (Phi) is 72.7. The van der Waals surface area contributed by atoms with Gasteiger partial charge in [-0.25, -0.2) is 4.57 Å². The number of nitrogens with zero attached hydrogens (tertiary/aromatic N) is 1. The van der Waals surface area contributed by atoms with Crippen molar-refractivity contribution in [2.45, 2.75) is 277 Å².